The Balaban J connectivity index is 1.47. The maximum absolute atomic E-state index is 12.9. The third-order valence-electron chi connectivity index (χ3n) is 6.12. The summed E-state index contributed by atoms with van der Waals surface area (Å²) in [6.07, 6.45) is 0.586. The maximum Gasteiger partial charge on any atom is 0.411 e. The molecule has 3 N–H and O–H groups in total. The zero-order valence-corrected chi connectivity index (χ0v) is 20.0. The number of carbonyl (C=O) groups excluding carboxylic acids is 2. The number of hydrogen-bond donors (Lipinski definition) is 3. The summed E-state index contributed by atoms with van der Waals surface area (Å²) in [6.45, 7) is 5.26. The van der Waals surface area contributed by atoms with Gasteiger partial charge in [-0.3, -0.25) is 14.8 Å². The number of aliphatic carboxylic acids is 1. The number of ether oxygens (including phenoxy) is 1. The van der Waals surface area contributed by atoms with Gasteiger partial charge in [-0.05, 0) is 27.7 Å². The van der Waals surface area contributed by atoms with E-state index in [4.69, 9.17) is 4.74 Å². The van der Waals surface area contributed by atoms with Crippen LogP contribution in [0.25, 0.3) is 11.1 Å². The second kappa shape index (κ2) is 9.25. The van der Waals surface area contributed by atoms with E-state index in [1.165, 1.54) is 17.9 Å². The third-order valence-corrected chi connectivity index (χ3v) is 6.12. The van der Waals surface area contributed by atoms with Gasteiger partial charge in [0.25, 0.3) is 5.91 Å². The number of amides is 2. The zero-order chi connectivity index (χ0) is 25.3. The summed E-state index contributed by atoms with van der Waals surface area (Å²) in [6, 6.07) is 14.9. The summed E-state index contributed by atoms with van der Waals surface area (Å²) in [5, 5.41) is 18.7. The van der Waals surface area contributed by atoms with Crippen LogP contribution in [0.15, 0.2) is 54.7 Å². The van der Waals surface area contributed by atoms with Crippen molar-refractivity contribution in [3.8, 4) is 11.1 Å². The van der Waals surface area contributed by atoms with Gasteiger partial charge in [-0.2, -0.15) is 5.10 Å². The number of nitrogens with zero attached hydrogens (tertiary/aromatic N) is 2. The van der Waals surface area contributed by atoms with Crippen molar-refractivity contribution in [1.82, 2.24) is 15.1 Å². The second-order valence-electron chi connectivity index (χ2n) is 9.59. The largest absolute Gasteiger partial charge is 0.480 e. The molecule has 35 heavy (non-hydrogen) atoms. The van der Waals surface area contributed by atoms with Gasteiger partial charge in [0.05, 0.1) is 11.9 Å². The van der Waals surface area contributed by atoms with E-state index in [-0.39, 0.29) is 23.9 Å². The lowest BCUT2D eigenvalue weighted by atomic mass is 9.86. The summed E-state index contributed by atoms with van der Waals surface area (Å²) < 4.78 is 6.82. The number of carboxylic acid groups (broad SMARTS) is 1. The van der Waals surface area contributed by atoms with E-state index >= 15 is 0 Å². The fraction of sp³-hybridized carbons (Fsp3) is 0.308. The molecular formula is C26H28N4O5. The van der Waals surface area contributed by atoms with E-state index in [1.54, 1.807) is 20.8 Å². The molecule has 0 saturated carbocycles. The van der Waals surface area contributed by atoms with E-state index in [0.29, 0.717) is 0 Å². The highest BCUT2D eigenvalue weighted by Gasteiger charge is 2.34. The molecule has 0 fully saturated rings. The van der Waals surface area contributed by atoms with Crippen molar-refractivity contribution in [3.05, 3.63) is 71.5 Å². The molecule has 2 amide bonds. The van der Waals surface area contributed by atoms with Gasteiger partial charge in [0, 0.05) is 13.0 Å². The Kier molecular flexibility index (Phi) is 6.34. The number of anilines is 1. The SMILES string of the molecule is Cn1ncc(NC(=O)OCC2c3ccccc3-c3ccccc32)c1C(=O)N[C@H](C(=O)O)C(C)(C)C. The first-order chi connectivity index (χ1) is 16.6. The van der Waals surface area contributed by atoms with Gasteiger partial charge in [0.2, 0.25) is 0 Å². The van der Waals surface area contributed by atoms with Crippen LogP contribution in [0, 0.1) is 5.41 Å². The van der Waals surface area contributed by atoms with Crippen molar-refractivity contribution in [3.63, 3.8) is 0 Å². The Morgan fingerprint density at radius 1 is 1.06 bits per heavy atom. The molecule has 1 atom stereocenters. The molecule has 1 aromatic heterocycles. The molecule has 9 nitrogen and oxygen atoms in total. The third kappa shape index (κ3) is 4.75. The molecule has 0 saturated heterocycles. The van der Waals surface area contributed by atoms with Gasteiger partial charge in [-0.1, -0.05) is 69.3 Å². The van der Waals surface area contributed by atoms with E-state index in [9.17, 15) is 19.5 Å². The molecule has 1 aliphatic rings. The van der Waals surface area contributed by atoms with Gasteiger partial charge in [-0.25, -0.2) is 9.59 Å². The monoisotopic (exact) mass is 476 g/mol. The number of carbonyl (C=O) groups is 3. The van der Waals surface area contributed by atoms with Crippen LogP contribution in [0.3, 0.4) is 0 Å². The quantitative estimate of drug-likeness (QED) is 0.494. The van der Waals surface area contributed by atoms with Crippen LogP contribution in [-0.4, -0.2) is 45.5 Å². The summed E-state index contributed by atoms with van der Waals surface area (Å²) in [5.41, 5.74) is 3.84. The minimum Gasteiger partial charge on any atom is -0.480 e. The molecule has 182 valence electrons. The molecule has 3 aromatic rings. The van der Waals surface area contributed by atoms with Gasteiger partial charge in [0.15, 0.2) is 0 Å². The highest BCUT2D eigenvalue weighted by molar-refractivity contribution is 6.02. The second-order valence-corrected chi connectivity index (χ2v) is 9.59. The minimum atomic E-state index is -1.15. The van der Waals surface area contributed by atoms with Crippen LogP contribution >= 0.6 is 0 Å². The normalized spacial score (nSPS) is 13.5. The molecule has 1 aliphatic carbocycles. The van der Waals surface area contributed by atoms with Crippen LogP contribution in [0.5, 0.6) is 0 Å². The molecule has 0 unspecified atom stereocenters. The van der Waals surface area contributed by atoms with E-state index in [1.807, 2.05) is 36.4 Å². The van der Waals surface area contributed by atoms with Gasteiger partial charge in [0.1, 0.15) is 18.3 Å². The lowest BCUT2D eigenvalue weighted by molar-refractivity contribution is -0.142. The number of fused-ring (bicyclic) bond motifs is 3. The van der Waals surface area contributed by atoms with Crippen molar-refractivity contribution in [1.29, 1.82) is 0 Å². The fourth-order valence-electron chi connectivity index (χ4n) is 4.39. The number of hydrogen-bond acceptors (Lipinski definition) is 5. The number of aryl methyl sites for hydroxylation is 1. The number of aromatic nitrogens is 2. The van der Waals surface area contributed by atoms with Crippen LogP contribution in [0.2, 0.25) is 0 Å². The number of nitrogens with one attached hydrogen (secondary N) is 2. The van der Waals surface area contributed by atoms with Crippen molar-refractivity contribution >= 4 is 23.7 Å². The average molecular weight is 477 g/mol. The molecule has 0 aliphatic heterocycles. The molecule has 1 heterocycles. The maximum atomic E-state index is 12.9. The first-order valence-corrected chi connectivity index (χ1v) is 11.3. The van der Waals surface area contributed by atoms with Crippen molar-refractivity contribution in [2.75, 3.05) is 11.9 Å². The van der Waals surface area contributed by atoms with Crippen LogP contribution in [0.1, 0.15) is 48.3 Å². The van der Waals surface area contributed by atoms with Crippen LogP contribution in [-0.2, 0) is 16.6 Å². The van der Waals surface area contributed by atoms with Crippen molar-refractivity contribution in [2.45, 2.75) is 32.7 Å². The highest BCUT2D eigenvalue weighted by atomic mass is 16.5. The molecular weight excluding hydrogens is 448 g/mol. The van der Waals surface area contributed by atoms with Crippen molar-refractivity contribution < 1.29 is 24.2 Å². The molecule has 0 bridgehead atoms. The summed E-state index contributed by atoms with van der Waals surface area (Å²) in [4.78, 5) is 37.2. The lowest BCUT2D eigenvalue weighted by Crippen LogP contribution is -2.49. The highest BCUT2D eigenvalue weighted by Crippen LogP contribution is 2.44. The van der Waals surface area contributed by atoms with E-state index < -0.39 is 29.4 Å². The standard InChI is InChI=1S/C26H28N4O5/c1-26(2,3)22(24(32)33)29-23(31)21-20(13-27-30(21)4)28-25(34)35-14-19-17-11-7-5-9-15(17)16-10-6-8-12-18(16)19/h5-13,19,22H,14H2,1-4H3,(H,28,34)(H,29,31)(H,32,33)/t22-/m1/s1. The number of carboxylic acids is 1. The topological polar surface area (TPSA) is 123 Å². The smallest absolute Gasteiger partial charge is 0.411 e. The average Bonchev–Trinajstić information content (AvgIpc) is 3.32. The predicted molar refractivity (Wildman–Crippen MR) is 130 cm³/mol. The Morgan fingerprint density at radius 2 is 1.63 bits per heavy atom. The van der Waals surface area contributed by atoms with Crippen molar-refractivity contribution in [2.24, 2.45) is 12.5 Å². The minimum absolute atomic E-state index is 0.0222. The Bertz CT molecular complexity index is 1250. The predicted octanol–water partition coefficient (Wildman–Crippen LogP) is 4.01. The molecule has 0 spiro atoms. The summed E-state index contributed by atoms with van der Waals surface area (Å²) in [7, 11) is 1.53. The lowest BCUT2D eigenvalue weighted by Gasteiger charge is -2.27. The Morgan fingerprint density at radius 3 is 2.17 bits per heavy atom. The fourth-order valence-corrected chi connectivity index (χ4v) is 4.39. The van der Waals surface area contributed by atoms with Gasteiger partial charge < -0.3 is 15.2 Å². The summed E-state index contributed by atoms with van der Waals surface area (Å²) in [5.74, 6) is -1.92. The molecule has 4 rings (SSSR count). The number of rotatable bonds is 6. The molecule has 9 heteroatoms. The van der Waals surface area contributed by atoms with Gasteiger partial charge >= 0.3 is 12.1 Å². The van der Waals surface area contributed by atoms with Crippen LogP contribution < -0.4 is 10.6 Å². The van der Waals surface area contributed by atoms with Gasteiger partial charge in [-0.15, -0.1) is 0 Å². The number of benzene rings is 2. The van der Waals surface area contributed by atoms with E-state index in [2.05, 4.69) is 27.9 Å². The summed E-state index contributed by atoms with van der Waals surface area (Å²) >= 11 is 0. The first kappa shape index (κ1) is 24.0. The first-order valence-electron chi connectivity index (χ1n) is 11.3. The van der Waals surface area contributed by atoms with E-state index in [0.717, 1.165) is 22.3 Å². The molecule has 2 aromatic carbocycles. The van der Waals surface area contributed by atoms with Crippen LogP contribution in [0.4, 0.5) is 10.5 Å². The molecule has 0 radical (unpaired) electrons. The zero-order valence-electron chi connectivity index (χ0n) is 20.0. The Labute approximate surface area is 203 Å². The Hall–Kier alpha value is -4.14.